The van der Waals surface area contributed by atoms with Crippen molar-refractivity contribution in [2.75, 3.05) is 6.54 Å². The van der Waals surface area contributed by atoms with Gasteiger partial charge in [0.15, 0.2) is 0 Å². The topological polar surface area (TPSA) is 12.4 Å². The summed E-state index contributed by atoms with van der Waals surface area (Å²) in [6.45, 7) is 10.4. The number of hydrogen-bond donors (Lipinski definition) is 0. The van der Waals surface area contributed by atoms with Gasteiger partial charge in [-0.3, -0.25) is 4.99 Å². The highest BCUT2D eigenvalue weighted by Crippen LogP contribution is 2.00. The van der Waals surface area contributed by atoms with Crippen LogP contribution >= 0.6 is 0 Å². The summed E-state index contributed by atoms with van der Waals surface area (Å²) in [5.41, 5.74) is 2.66. The Morgan fingerprint density at radius 1 is 1.38 bits per heavy atom. The molecule has 0 aromatic carbocycles. The molecule has 0 amide bonds. The molecule has 0 fully saturated rings. The van der Waals surface area contributed by atoms with Gasteiger partial charge in [-0.05, 0) is 27.5 Å². The van der Waals surface area contributed by atoms with Crippen molar-refractivity contribution in [1.82, 2.24) is 0 Å². The molecule has 46 valence electrons. The van der Waals surface area contributed by atoms with Crippen molar-refractivity contribution >= 4 is 6.72 Å². The highest BCUT2D eigenvalue weighted by molar-refractivity contribution is 5.25. The van der Waals surface area contributed by atoms with Gasteiger partial charge in [0, 0.05) is 0 Å². The van der Waals surface area contributed by atoms with Crippen molar-refractivity contribution in [2.45, 2.75) is 20.8 Å². The van der Waals surface area contributed by atoms with E-state index in [1.165, 1.54) is 11.1 Å². The van der Waals surface area contributed by atoms with Gasteiger partial charge in [0.05, 0.1) is 6.54 Å². The Hall–Kier alpha value is -0.590. The highest BCUT2D eigenvalue weighted by Gasteiger charge is 1.85. The van der Waals surface area contributed by atoms with Gasteiger partial charge in [0.25, 0.3) is 0 Å². The first-order valence-corrected chi connectivity index (χ1v) is 2.74. The lowest BCUT2D eigenvalue weighted by Crippen LogP contribution is -1.83. The molecule has 0 N–H and O–H groups in total. The fourth-order valence-electron chi connectivity index (χ4n) is 0.326. The van der Waals surface area contributed by atoms with Crippen molar-refractivity contribution in [3.8, 4) is 0 Å². The fraction of sp³-hybridized carbons (Fsp3) is 0.571. The van der Waals surface area contributed by atoms with Crippen LogP contribution in [0.4, 0.5) is 0 Å². The van der Waals surface area contributed by atoms with E-state index < -0.39 is 0 Å². The Labute approximate surface area is 51.1 Å². The van der Waals surface area contributed by atoms with Crippen LogP contribution in [0, 0.1) is 0 Å². The average molecular weight is 111 g/mol. The Bertz CT molecular complexity index is 108. The van der Waals surface area contributed by atoms with E-state index in [-0.39, 0.29) is 0 Å². The molecular formula is C7H13N. The van der Waals surface area contributed by atoms with Crippen molar-refractivity contribution < 1.29 is 0 Å². The van der Waals surface area contributed by atoms with Gasteiger partial charge in [-0.25, -0.2) is 0 Å². The number of allylic oxidation sites excluding steroid dienone is 1. The minimum atomic E-state index is 0.780. The van der Waals surface area contributed by atoms with E-state index in [1.54, 1.807) is 0 Å². The van der Waals surface area contributed by atoms with Crippen LogP contribution < -0.4 is 0 Å². The zero-order chi connectivity index (χ0) is 6.57. The van der Waals surface area contributed by atoms with Crippen LogP contribution in [-0.4, -0.2) is 13.3 Å². The molecule has 0 saturated heterocycles. The van der Waals surface area contributed by atoms with Gasteiger partial charge >= 0.3 is 0 Å². The van der Waals surface area contributed by atoms with E-state index in [0.29, 0.717) is 0 Å². The second kappa shape index (κ2) is 3.42. The fourth-order valence-corrected chi connectivity index (χ4v) is 0.326. The molecule has 1 nitrogen and oxygen atoms in total. The minimum Gasteiger partial charge on any atom is -0.297 e. The molecule has 0 radical (unpaired) electrons. The summed E-state index contributed by atoms with van der Waals surface area (Å²) in [4.78, 5) is 3.75. The Morgan fingerprint density at radius 3 is 2.00 bits per heavy atom. The van der Waals surface area contributed by atoms with E-state index >= 15 is 0 Å². The molecular weight excluding hydrogens is 98.1 g/mol. The monoisotopic (exact) mass is 111 g/mol. The number of hydrogen-bond acceptors (Lipinski definition) is 1. The summed E-state index contributed by atoms with van der Waals surface area (Å²) >= 11 is 0. The third-order valence-corrected chi connectivity index (χ3v) is 1.20. The Morgan fingerprint density at radius 2 is 1.88 bits per heavy atom. The molecule has 0 aliphatic rings. The molecule has 0 heterocycles. The standard InChI is InChI=1S/C7H13N/c1-6(2)7(3)5-8-4/h4-5H2,1-3H3. The van der Waals surface area contributed by atoms with Crippen molar-refractivity contribution in [2.24, 2.45) is 4.99 Å². The van der Waals surface area contributed by atoms with Gasteiger partial charge in [0.2, 0.25) is 0 Å². The second-order valence-corrected chi connectivity index (χ2v) is 2.16. The highest BCUT2D eigenvalue weighted by atomic mass is 14.7. The van der Waals surface area contributed by atoms with Crippen molar-refractivity contribution in [1.29, 1.82) is 0 Å². The first kappa shape index (κ1) is 7.41. The molecule has 0 unspecified atom stereocenters. The van der Waals surface area contributed by atoms with E-state index in [9.17, 15) is 0 Å². The predicted molar refractivity (Wildman–Crippen MR) is 38.5 cm³/mol. The van der Waals surface area contributed by atoms with Crippen LogP contribution in [0.25, 0.3) is 0 Å². The smallest absolute Gasteiger partial charge is 0.0592 e. The molecule has 0 aromatic rings. The van der Waals surface area contributed by atoms with Gasteiger partial charge < -0.3 is 0 Å². The van der Waals surface area contributed by atoms with E-state index in [1.807, 2.05) is 0 Å². The quantitative estimate of drug-likeness (QED) is 0.382. The zero-order valence-corrected chi connectivity index (χ0v) is 5.86. The number of rotatable bonds is 2. The molecule has 0 spiro atoms. The molecule has 0 aliphatic heterocycles. The van der Waals surface area contributed by atoms with Gasteiger partial charge in [-0.1, -0.05) is 11.1 Å². The molecule has 0 atom stereocenters. The maximum absolute atomic E-state index is 3.75. The maximum Gasteiger partial charge on any atom is 0.0592 e. The number of aliphatic imine (C=N–C) groups is 1. The van der Waals surface area contributed by atoms with Crippen LogP contribution in [0.2, 0.25) is 0 Å². The van der Waals surface area contributed by atoms with E-state index in [4.69, 9.17) is 0 Å². The summed E-state index contributed by atoms with van der Waals surface area (Å²) < 4.78 is 0. The van der Waals surface area contributed by atoms with Crippen LogP contribution in [0.5, 0.6) is 0 Å². The number of nitrogens with zero attached hydrogens (tertiary/aromatic N) is 1. The first-order chi connectivity index (χ1) is 3.68. The second-order valence-electron chi connectivity index (χ2n) is 2.16. The van der Waals surface area contributed by atoms with E-state index in [2.05, 4.69) is 32.5 Å². The Kier molecular flexibility index (Phi) is 3.16. The lowest BCUT2D eigenvalue weighted by molar-refractivity contribution is 1.10. The molecule has 0 rings (SSSR count). The van der Waals surface area contributed by atoms with Crippen LogP contribution in [0.1, 0.15) is 20.8 Å². The molecule has 0 bridgehead atoms. The van der Waals surface area contributed by atoms with Crippen LogP contribution in [0.3, 0.4) is 0 Å². The lowest BCUT2D eigenvalue weighted by atomic mass is 10.2. The SMILES string of the molecule is C=NCC(C)=C(C)C. The lowest BCUT2D eigenvalue weighted by Gasteiger charge is -1.95. The van der Waals surface area contributed by atoms with E-state index in [0.717, 1.165) is 6.54 Å². The van der Waals surface area contributed by atoms with Gasteiger partial charge in [0.1, 0.15) is 0 Å². The van der Waals surface area contributed by atoms with Crippen molar-refractivity contribution in [3.05, 3.63) is 11.1 Å². The predicted octanol–water partition coefficient (Wildman–Crippen LogP) is 2.04. The van der Waals surface area contributed by atoms with Crippen molar-refractivity contribution in [3.63, 3.8) is 0 Å². The largest absolute Gasteiger partial charge is 0.297 e. The molecule has 0 aliphatic carbocycles. The summed E-state index contributed by atoms with van der Waals surface area (Å²) in [7, 11) is 0. The summed E-state index contributed by atoms with van der Waals surface area (Å²) in [5, 5.41) is 0. The van der Waals surface area contributed by atoms with Crippen LogP contribution in [-0.2, 0) is 0 Å². The first-order valence-electron chi connectivity index (χ1n) is 2.74. The summed E-state index contributed by atoms with van der Waals surface area (Å²) in [5.74, 6) is 0. The Balaban J connectivity index is 3.79. The minimum absolute atomic E-state index is 0.780. The van der Waals surface area contributed by atoms with Gasteiger partial charge in [-0.15, -0.1) is 0 Å². The maximum atomic E-state index is 3.75. The van der Waals surface area contributed by atoms with Crippen LogP contribution in [0.15, 0.2) is 16.1 Å². The molecule has 8 heavy (non-hydrogen) atoms. The summed E-state index contributed by atoms with van der Waals surface area (Å²) in [6, 6.07) is 0. The zero-order valence-electron chi connectivity index (χ0n) is 5.86. The summed E-state index contributed by atoms with van der Waals surface area (Å²) in [6.07, 6.45) is 0. The molecule has 0 saturated carbocycles. The van der Waals surface area contributed by atoms with Gasteiger partial charge in [-0.2, -0.15) is 0 Å². The molecule has 0 aromatic heterocycles. The normalized spacial score (nSPS) is 8.38. The third kappa shape index (κ3) is 2.56. The molecule has 1 heteroatoms. The third-order valence-electron chi connectivity index (χ3n) is 1.20. The average Bonchev–Trinajstić information content (AvgIpc) is 1.67.